The summed E-state index contributed by atoms with van der Waals surface area (Å²) in [5.41, 5.74) is 0.905. The Labute approximate surface area is 123 Å². The van der Waals surface area contributed by atoms with Gasteiger partial charge in [-0.3, -0.25) is 0 Å². The molecule has 0 amide bonds. The van der Waals surface area contributed by atoms with E-state index in [1.54, 1.807) is 24.3 Å². The summed E-state index contributed by atoms with van der Waals surface area (Å²) in [6.45, 7) is 2.25. The van der Waals surface area contributed by atoms with E-state index < -0.39 is 0 Å². The third kappa shape index (κ3) is 7.54. The van der Waals surface area contributed by atoms with E-state index in [2.05, 4.69) is 6.92 Å². The van der Waals surface area contributed by atoms with Crippen molar-refractivity contribution in [3.8, 4) is 5.75 Å². The standard InChI is InChI=1S/C18H30O2/c1-2-3-4-5-6-7-8-9-10-11-18(20)16-12-14-17(19)15-13-16/h12-15,18-20H,2-11H2,1H3. The van der Waals surface area contributed by atoms with Crippen LogP contribution in [0.4, 0.5) is 0 Å². The van der Waals surface area contributed by atoms with Crippen LogP contribution in [-0.2, 0) is 0 Å². The zero-order valence-electron chi connectivity index (χ0n) is 12.9. The number of phenols is 1. The lowest BCUT2D eigenvalue weighted by Gasteiger charge is -2.10. The fraction of sp³-hybridized carbons (Fsp3) is 0.667. The second-order valence-corrected chi connectivity index (χ2v) is 5.72. The molecule has 0 aliphatic rings. The number of unbranched alkanes of at least 4 members (excludes halogenated alkanes) is 8. The molecule has 0 saturated carbocycles. The molecule has 0 spiro atoms. The van der Waals surface area contributed by atoms with E-state index in [1.807, 2.05) is 0 Å². The number of aromatic hydroxyl groups is 1. The maximum atomic E-state index is 10.0. The van der Waals surface area contributed by atoms with Gasteiger partial charge in [0, 0.05) is 0 Å². The fourth-order valence-electron chi connectivity index (χ4n) is 2.51. The van der Waals surface area contributed by atoms with Crippen molar-refractivity contribution in [2.24, 2.45) is 0 Å². The van der Waals surface area contributed by atoms with Gasteiger partial charge in [-0.05, 0) is 24.1 Å². The second-order valence-electron chi connectivity index (χ2n) is 5.72. The summed E-state index contributed by atoms with van der Waals surface area (Å²) < 4.78 is 0. The molecule has 20 heavy (non-hydrogen) atoms. The van der Waals surface area contributed by atoms with Crippen LogP contribution in [0.5, 0.6) is 5.75 Å². The molecule has 0 bridgehead atoms. The fourth-order valence-corrected chi connectivity index (χ4v) is 2.51. The molecule has 2 heteroatoms. The van der Waals surface area contributed by atoms with Gasteiger partial charge in [-0.15, -0.1) is 0 Å². The van der Waals surface area contributed by atoms with Crippen molar-refractivity contribution in [1.29, 1.82) is 0 Å². The summed E-state index contributed by atoms with van der Waals surface area (Å²) in [5.74, 6) is 0.254. The third-order valence-electron chi connectivity index (χ3n) is 3.86. The molecule has 1 atom stereocenters. The summed E-state index contributed by atoms with van der Waals surface area (Å²) in [4.78, 5) is 0. The SMILES string of the molecule is CCCCCCCCCCCC(O)c1ccc(O)cc1. The molecule has 0 aliphatic carbocycles. The van der Waals surface area contributed by atoms with Crippen LogP contribution in [0.25, 0.3) is 0 Å². The minimum atomic E-state index is -0.389. The smallest absolute Gasteiger partial charge is 0.115 e. The highest BCUT2D eigenvalue weighted by Crippen LogP contribution is 2.22. The highest BCUT2D eigenvalue weighted by atomic mass is 16.3. The van der Waals surface area contributed by atoms with Crippen LogP contribution in [0.2, 0.25) is 0 Å². The largest absolute Gasteiger partial charge is 0.508 e. The Morgan fingerprint density at radius 2 is 1.30 bits per heavy atom. The van der Waals surface area contributed by atoms with Gasteiger partial charge in [0.25, 0.3) is 0 Å². The van der Waals surface area contributed by atoms with Crippen molar-refractivity contribution in [2.75, 3.05) is 0 Å². The minimum Gasteiger partial charge on any atom is -0.508 e. The van der Waals surface area contributed by atoms with Gasteiger partial charge in [0.05, 0.1) is 6.10 Å². The maximum Gasteiger partial charge on any atom is 0.115 e. The van der Waals surface area contributed by atoms with E-state index in [4.69, 9.17) is 0 Å². The number of hydrogen-bond acceptors (Lipinski definition) is 2. The Bertz CT molecular complexity index is 332. The first kappa shape index (κ1) is 17.0. The number of hydrogen-bond donors (Lipinski definition) is 2. The Balaban J connectivity index is 1.99. The monoisotopic (exact) mass is 278 g/mol. The molecule has 0 heterocycles. The minimum absolute atomic E-state index is 0.254. The molecule has 1 aromatic carbocycles. The highest BCUT2D eigenvalue weighted by molar-refractivity contribution is 5.27. The van der Waals surface area contributed by atoms with E-state index in [9.17, 15) is 10.2 Å². The van der Waals surface area contributed by atoms with Crippen LogP contribution >= 0.6 is 0 Å². The first-order valence-corrected chi connectivity index (χ1v) is 8.21. The lowest BCUT2D eigenvalue weighted by atomic mass is 10.0. The lowest BCUT2D eigenvalue weighted by molar-refractivity contribution is 0.163. The van der Waals surface area contributed by atoms with Gasteiger partial charge in [0.15, 0.2) is 0 Å². The molecule has 1 unspecified atom stereocenters. The predicted molar refractivity (Wildman–Crippen MR) is 84.9 cm³/mol. The van der Waals surface area contributed by atoms with E-state index in [0.717, 1.165) is 18.4 Å². The van der Waals surface area contributed by atoms with Crippen LogP contribution in [0, 0.1) is 0 Å². The Morgan fingerprint density at radius 1 is 0.800 bits per heavy atom. The van der Waals surface area contributed by atoms with E-state index in [1.165, 1.54) is 51.4 Å². The summed E-state index contributed by atoms with van der Waals surface area (Å²) in [5, 5.41) is 19.2. The molecule has 2 N–H and O–H groups in total. The lowest BCUT2D eigenvalue weighted by Crippen LogP contribution is -1.96. The van der Waals surface area contributed by atoms with Crippen molar-refractivity contribution in [3.63, 3.8) is 0 Å². The summed E-state index contributed by atoms with van der Waals surface area (Å²) in [7, 11) is 0. The van der Waals surface area contributed by atoms with Crippen molar-refractivity contribution in [3.05, 3.63) is 29.8 Å². The first-order chi connectivity index (χ1) is 9.74. The van der Waals surface area contributed by atoms with E-state index >= 15 is 0 Å². The zero-order valence-corrected chi connectivity index (χ0v) is 12.9. The third-order valence-corrected chi connectivity index (χ3v) is 3.86. The highest BCUT2D eigenvalue weighted by Gasteiger charge is 2.06. The van der Waals surface area contributed by atoms with Gasteiger partial charge < -0.3 is 10.2 Å². The average molecular weight is 278 g/mol. The molecule has 0 aliphatic heterocycles. The van der Waals surface area contributed by atoms with Crippen LogP contribution in [0.3, 0.4) is 0 Å². The molecule has 0 fully saturated rings. The zero-order chi connectivity index (χ0) is 14.6. The quantitative estimate of drug-likeness (QED) is 0.536. The molecule has 2 nitrogen and oxygen atoms in total. The number of aliphatic hydroxyl groups excluding tert-OH is 1. The number of aliphatic hydroxyl groups is 1. The summed E-state index contributed by atoms with van der Waals surface area (Å²) >= 11 is 0. The Hall–Kier alpha value is -1.02. The second kappa shape index (κ2) is 10.7. The van der Waals surface area contributed by atoms with E-state index in [0.29, 0.717) is 0 Å². The van der Waals surface area contributed by atoms with Crippen LogP contribution in [-0.4, -0.2) is 10.2 Å². The van der Waals surface area contributed by atoms with Crippen molar-refractivity contribution in [1.82, 2.24) is 0 Å². The maximum absolute atomic E-state index is 10.0. The van der Waals surface area contributed by atoms with Crippen molar-refractivity contribution < 1.29 is 10.2 Å². The van der Waals surface area contributed by atoms with Crippen molar-refractivity contribution in [2.45, 2.75) is 77.2 Å². The number of benzene rings is 1. The molecule has 1 rings (SSSR count). The molecule has 0 saturated heterocycles. The van der Waals surface area contributed by atoms with Crippen molar-refractivity contribution >= 4 is 0 Å². The molecule has 114 valence electrons. The Kier molecular flexibility index (Phi) is 9.14. The predicted octanol–water partition coefficient (Wildman–Crippen LogP) is 5.35. The van der Waals surface area contributed by atoms with Gasteiger partial charge in [-0.2, -0.15) is 0 Å². The van der Waals surface area contributed by atoms with Gasteiger partial charge in [0.2, 0.25) is 0 Å². The molecular formula is C18H30O2. The normalized spacial score (nSPS) is 12.5. The van der Waals surface area contributed by atoms with Gasteiger partial charge in [-0.1, -0.05) is 76.8 Å². The van der Waals surface area contributed by atoms with Gasteiger partial charge in [0.1, 0.15) is 5.75 Å². The average Bonchev–Trinajstić information content (AvgIpc) is 2.46. The van der Waals surface area contributed by atoms with Gasteiger partial charge >= 0.3 is 0 Å². The number of rotatable bonds is 11. The van der Waals surface area contributed by atoms with Crippen LogP contribution < -0.4 is 0 Å². The van der Waals surface area contributed by atoms with Gasteiger partial charge in [-0.25, -0.2) is 0 Å². The Morgan fingerprint density at radius 3 is 1.85 bits per heavy atom. The van der Waals surface area contributed by atoms with Crippen LogP contribution in [0.1, 0.15) is 82.8 Å². The summed E-state index contributed by atoms with van der Waals surface area (Å²) in [6, 6.07) is 6.87. The molecule has 0 radical (unpaired) electrons. The first-order valence-electron chi connectivity index (χ1n) is 8.21. The van der Waals surface area contributed by atoms with Crippen LogP contribution in [0.15, 0.2) is 24.3 Å². The van der Waals surface area contributed by atoms with E-state index in [-0.39, 0.29) is 11.9 Å². The molecule has 1 aromatic rings. The number of phenolic OH excluding ortho intramolecular Hbond substituents is 1. The molecule has 0 aromatic heterocycles. The molecular weight excluding hydrogens is 248 g/mol. The summed E-state index contributed by atoms with van der Waals surface area (Å²) in [6.07, 6.45) is 12.2. The topological polar surface area (TPSA) is 40.5 Å².